The molecule has 1 aliphatic carbocycles. The van der Waals surface area contributed by atoms with Crippen LogP contribution in [0.1, 0.15) is 31.2 Å². The fourth-order valence-electron chi connectivity index (χ4n) is 2.78. The number of aryl methyl sites for hydroxylation is 1. The van der Waals surface area contributed by atoms with Gasteiger partial charge in [-0.05, 0) is 43.9 Å². The van der Waals surface area contributed by atoms with E-state index in [-0.39, 0.29) is 13.0 Å². The third-order valence-electron chi connectivity index (χ3n) is 4.57. The van der Waals surface area contributed by atoms with Crippen LogP contribution in [0, 0.1) is 5.92 Å². The Hall–Kier alpha value is -2.12. The Kier molecular flexibility index (Phi) is 4.94. The zero-order chi connectivity index (χ0) is 18.9. The molecular weight excluding hydrogens is 345 g/mol. The van der Waals surface area contributed by atoms with Crippen molar-refractivity contribution in [2.24, 2.45) is 11.7 Å². The van der Waals surface area contributed by atoms with E-state index in [0.29, 0.717) is 35.4 Å². The number of hydrogen-bond acceptors (Lipinski definition) is 4. The molecule has 0 radical (unpaired) electrons. The topological polar surface area (TPSA) is 72.3 Å². The first-order chi connectivity index (χ1) is 12.2. The van der Waals surface area contributed by atoms with Crippen LogP contribution in [-0.2, 0) is 6.42 Å². The number of aromatic nitrogens is 1. The van der Waals surface area contributed by atoms with Crippen LogP contribution in [0.15, 0.2) is 40.8 Å². The third kappa shape index (κ3) is 4.16. The first-order valence-electron chi connectivity index (χ1n) is 8.43. The van der Waals surface area contributed by atoms with E-state index in [1.54, 1.807) is 13.0 Å². The van der Waals surface area contributed by atoms with E-state index in [4.69, 9.17) is 10.2 Å². The summed E-state index contributed by atoms with van der Waals surface area (Å²) in [5.74, 6) is -1.15. The molecule has 0 fully saturated rings. The minimum atomic E-state index is -4.24. The van der Waals surface area contributed by atoms with E-state index in [1.807, 2.05) is 12.1 Å². The number of aliphatic hydroxyl groups excluding tert-OH is 1. The molecule has 140 valence electrons. The number of oxazole rings is 1. The van der Waals surface area contributed by atoms with Gasteiger partial charge in [0.05, 0.1) is 12.5 Å². The van der Waals surface area contributed by atoms with Gasteiger partial charge in [0.2, 0.25) is 5.89 Å². The summed E-state index contributed by atoms with van der Waals surface area (Å²) in [4.78, 5) is 4.40. The van der Waals surface area contributed by atoms with E-state index in [2.05, 4.69) is 4.98 Å². The smallest absolute Gasteiger partial charge is 0.395 e. The minimum absolute atomic E-state index is 0.0945. The molecule has 1 aliphatic rings. The van der Waals surface area contributed by atoms with Gasteiger partial charge in [0, 0.05) is 11.1 Å². The Bertz CT molecular complexity index is 850. The molecule has 0 saturated carbocycles. The van der Waals surface area contributed by atoms with Crippen molar-refractivity contribution in [2.75, 3.05) is 6.61 Å². The second-order valence-corrected chi connectivity index (χ2v) is 7.04. The molecule has 1 aromatic carbocycles. The normalized spacial score (nSPS) is 20.2. The van der Waals surface area contributed by atoms with Gasteiger partial charge in [0.25, 0.3) is 0 Å². The van der Waals surface area contributed by atoms with Crippen LogP contribution in [-0.4, -0.2) is 28.4 Å². The number of nitrogens with zero attached hydrogens (tertiary/aromatic N) is 1. The highest BCUT2D eigenvalue weighted by molar-refractivity contribution is 5.79. The number of halogens is 3. The van der Waals surface area contributed by atoms with Crippen LogP contribution in [0.5, 0.6) is 0 Å². The molecule has 2 atom stereocenters. The molecular formula is C19H21F3N2O2. The number of fused-ring (bicyclic) bond motifs is 1. The second kappa shape index (κ2) is 6.89. The van der Waals surface area contributed by atoms with Crippen molar-refractivity contribution in [3.05, 3.63) is 47.9 Å². The highest BCUT2D eigenvalue weighted by Crippen LogP contribution is 2.35. The van der Waals surface area contributed by atoms with Gasteiger partial charge in [-0.3, -0.25) is 0 Å². The van der Waals surface area contributed by atoms with Crippen LogP contribution >= 0.6 is 0 Å². The quantitative estimate of drug-likeness (QED) is 0.839. The van der Waals surface area contributed by atoms with E-state index in [0.717, 1.165) is 11.6 Å². The lowest BCUT2D eigenvalue weighted by atomic mass is 9.95. The summed E-state index contributed by atoms with van der Waals surface area (Å²) in [7, 11) is 0. The van der Waals surface area contributed by atoms with Gasteiger partial charge < -0.3 is 15.3 Å². The molecule has 1 heterocycles. The third-order valence-corrected chi connectivity index (χ3v) is 4.57. The molecule has 0 amide bonds. The molecule has 3 N–H and O–H groups in total. The largest absolute Gasteiger partial charge is 0.436 e. The summed E-state index contributed by atoms with van der Waals surface area (Å²) in [6, 6.07) is 5.57. The lowest BCUT2D eigenvalue weighted by molar-refractivity contribution is -0.160. The number of allylic oxidation sites excluding steroid dienone is 4. The SMILES string of the molecule is C[C@](N)(CO)CCc1ccc2oc(C3=CCC(C(F)(F)F)C=C3)nc2c1. The highest BCUT2D eigenvalue weighted by Gasteiger charge is 2.38. The van der Waals surface area contributed by atoms with Crippen molar-refractivity contribution in [3.63, 3.8) is 0 Å². The van der Waals surface area contributed by atoms with Crippen LogP contribution in [0.3, 0.4) is 0 Å². The molecule has 4 nitrogen and oxygen atoms in total. The predicted octanol–water partition coefficient (Wildman–Crippen LogP) is 3.99. The van der Waals surface area contributed by atoms with Gasteiger partial charge in [-0.15, -0.1) is 0 Å². The maximum atomic E-state index is 12.7. The Balaban J connectivity index is 1.76. The molecule has 3 rings (SSSR count). The summed E-state index contributed by atoms with van der Waals surface area (Å²) < 4.78 is 43.8. The number of rotatable bonds is 5. The maximum Gasteiger partial charge on any atom is 0.395 e. The number of benzene rings is 1. The Labute approximate surface area is 149 Å². The summed E-state index contributed by atoms with van der Waals surface area (Å²) >= 11 is 0. The molecule has 1 aromatic heterocycles. The van der Waals surface area contributed by atoms with Crippen molar-refractivity contribution < 1.29 is 22.7 Å². The standard InChI is InChI=1S/C19H21F3N2O2/c1-18(23,11-25)9-8-12-2-7-16-15(10-12)24-17(26-16)13-3-5-14(6-4-13)19(20,21)22/h2-5,7,10,14,25H,6,8-9,11,23H2,1H3/t14?,18-/m1/s1. The van der Waals surface area contributed by atoms with Gasteiger partial charge in [0.1, 0.15) is 5.52 Å². The Morgan fingerprint density at radius 1 is 1.35 bits per heavy atom. The number of nitrogens with two attached hydrogens (primary N) is 1. The van der Waals surface area contributed by atoms with E-state index in [9.17, 15) is 18.3 Å². The maximum absolute atomic E-state index is 12.7. The molecule has 0 saturated heterocycles. The average molecular weight is 366 g/mol. The number of alkyl halides is 3. The molecule has 0 spiro atoms. The van der Waals surface area contributed by atoms with E-state index >= 15 is 0 Å². The van der Waals surface area contributed by atoms with Crippen LogP contribution in [0.2, 0.25) is 0 Å². The lowest BCUT2D eigenvalue weighted by Crippen LogP contribution is -2.40. The van der Waals surface area contributed by atoms with E-state index < -0.39 is 17.6 Å². The fraction of sp³-hybridized carbons (Fsp3) is 0.421. The molecule has 2 aromatic rings. The van der Waals surface area contributed by atoms with Crippen molar-refractivity contribution in [1.82, 2.24) is 4.98 Å². The van der Waals surface area contributed by atoms with Crippen molar-refractivity contribution >= 4 is 16.7 Å². The molecule has 7 heteroatoms. The monoisotopic (exact) mass is 366 g/mol. The molecule has 1 unspecified atom stereocenters. The van der Waals surface area contributed by atoms with Gasteiger partial charge in [-0.25, -0.2) is 4.98 Å². The highest BCUT2D eigenvalue weighted by atomic mass is 19.4. The molecule has 26 heavy (non-hydrogen) atoms. The first-order valence-corrected chi connectivity index (χ1v) is 8.43. The Morgan fingerprint density at radius 2 is 2.12 bits per heavy atom. The summed E-state index contributed by atoms with van der Waals surface area (Å²) in [6.45, 7) is 1.69. The summed E-state index contributed by atoms with van der Waals surface area (Å²) in [6.07, 6.45) is 1.01. The predicted molar refractivity (Wildman–Crippen MR) is 93.3 cm³/mol. The van der Waals surface area contributed by atoms with Gasteiger partial charge >= 0.3 is 6.18 Å². The van der Waals surface area contributed by atoms with Gasteiger partial charge in [-0.2, -0.15) is 13.2 Å². The summed E-state index contributed by atoms with van der Waals surface area (Å²) in [5, 5.41) is 9.22. The van der Waals surface area contributed by atoms with Crippen molar-refractivity contribution in [3.8, 4) is 0 Å². The second-order valence-electron chi connectivity index (χ2n) is 7.04. The zero-order valence-corrected chi connectivity index (χ0v) is 14.4. The van der Waals surface area contributed by atoms with Crippen molar-refractivity contribution in [2.45, 2.75) is 37.9 Å². The van der Waals surface area contributed by atoms with Crippen molar-refractivity contribution in [1.29, 1.82) is 0 Å². The lowest BCUT2D eigenvalue weighted by Gasteiger charge is -2.21. The number of aliphatic hydroxyl groups is 1. The van der Waals surface area contributed by atoms with Gasteiger partial charge in [-0.1, -0.05) is 24.3 Å². The molecule has 0 aliphatic heterocycles. The zero-order valence-electron chi connectivity index (χ0n) is 14.4. The van der Waals surface area contributed by atoms with Crippen LogP contribution in [0.25, 0.3) is 16.7 Å². The molecule has 0 bridgehead atoms. The van der Waals surface area contributed by atoms with Crippen LogP contribution in [0.4, 0.5) is 13.2 Å². The Morgan fingerprint density at radius 3 is 2.73 bits per heavy atom. The summed E-state index contributed by atoms with van der Waals surface area (Å²) in [5.41, 5.74) is 8.08. The van der Waals surface area contributed by atoms with Gasteiger partial charge in [0.15, 0.2) is 5.58 Å². The number of hydrogen-bond donors (Lipinski definition) is 2. The minimum Gasteiger partial charge on any atom is -0.436 e. The first kappa shape index (κ1) is 18.7. The van der Waals surface area contributed by atoms with Crippen LogP contribution < -0.4 is 5.73 Å². The van der Waals surface area contributed by atoms with E-state index in [1.165, 1.54) is 12.2 Å². The fourth-order valence-corrected chi connectivity index (χ4v) is 2.78. The average Bonchev–Trinajstić information content (AvgIpc) is 3.03.